The van der Waals surface area contributed by atoms with Crippen LogP contribution >= 0.6 is 11.6 Å². The van der Waals surface area contributed by atoms with Crippen molar-refractivity contribution in [3.8, 4) is 0 Å². The van der Waals surface area contributed by atoms with Crippen molar-refractivity contribution in [2.45, 2.75) is 25.4 Å². The lowest BCUT2D eigenvalue weighted by Crippen LogP contribution is -2.44. The molecule has 3 aromatic rings. The molecule has 1 saturated heterocycles. The van der Waals surface area contributed by atoms with Crippen molar-refractivity contribution >= 4 is 50.6 Å². The second-order valence-corrected chi connectivity index (χ2v) is 11.4. The van der Waals surface area contributed by atoms with E-state index in [2.05, 4.69) is 0 Å². The van der Waals surface area contributed by atoms with Gasteiger partial charge in [0.15, 0.2) is 0 Å². The number of primary amides is 1. The first kappa shape index (κ1) is 25.0. The Balaban J connectivity index is 1.57. The number of amides is 3. The first-order chi connectivity index (χ1) is 17.7. The number of halogens is 2. The highest BCUT2D eigenvalue weighted by atomic mass is 35.5. The Morgan fingerprint density at radius 3 is 2.43 bits per heavy atom. The molecule has 0 bridgehead atoms. The molecule has 5 rings (SSSR count). The van der Waals surface area contributed by atoms with Crippen LogP contribution in [0.25, 0.3) is 0 Å². The summed E-state index contributed by atoms with van der Waals surface area (Å²) >= 11 is 6.05. The molecule has 0 saturated carbocycles. The van der Waals surface area contributed by atoms with Crippen LogP contribution in [0.15, 0.2) is 66.7 Å². The number of nitrogens with zero attached hydrogens (tertiary/aromatic N) is 3. The van der Waals surface area contributed by atoms with Gasteiger partial charge < -0.3 is 10.6 Å². The van der Waals surface area contributed by atoms with Crippen LogP contribution in [0.4, 0.5) is 26.2 Å². The molecule has 1 atom stereocenters. The number of sulfonamides is 1. The molecule has 1 fully saturated rings. The summed E-state index contributed by atoms with van der Waals surface area (Å²) in [5.74, 6) is -1.51. The molecule has 0 aromatic heterocycles. The summed E-state index contributed by atoms with van der Waals surface area (Å²) in [5, 5.41) is 0.422. The Labute approximate surface area is 219 Å². The van der Waals surface area contributed by atoms with Gasteiger partial charge in [0, 0.05) is 24.2 Å². The maximum Gasteiger partial charge on any atom is 0.330 e. The van der Waals surface area contributed by atoms with E-state index in [-0.39, 0.29) is 30.2 Å². The topological polar surface area (TPSA) is 104 Å². The first-order valence-corrected chi connectivity index (χ1v) is 13.7. The zero-order valence-electron chi connectivity index (χ0n) is 19.7. The molecule has 1 unspecified atom stereocenters. The van der Waals surface area contributed by atoms with Crippen molar-refractivity contribution in [1.82, 2.24) is 4.90 Å². The van der Waals surface area contributed by atoms with Gasteiger partial charge >= 0.3 is 6.03 Å². The number of anilines is 3. The minimum absolute atomic E-state index is 0.00419. The number of hydrogen-bond acceptors (Lipinski definition) is 4. The molecule has 2 aliphatic rings. The van der Waals surface area contributed by atoms with Gasteiger partial charge in [0.2, 0.25) is 15.9 Å². The van der Waals surface area contributed by atoms with E-state index in [1.807, 2.05) is 0 Å². The third-order valence-corrected chi connectivity index (χ3v) is 8.72. The lowest BCUT2D eigenvalue weighted by molar-refractivity contribution is -0.122. The second kappa shape index (κ2) is 9.68. The van der Waals surface area contributed by atoms with Gasteiger partial charge in [0.25, 0.3) is 0 Å². The minimum atomic E-state index is -3.55. The Hall–Kier alpha value is -3.63. The monoisotopic (exact) mass is 542 g/mol. The average Bonchev–Trinajstić information content (AvgIpc) is 3.26. The summed E-state index contributed by atoms with van der Waals surface area (Å²) in [6.07, 6.45) is 1.22. The van der Waals surface area contributed by atoms with Crippen LogP contribution < -0.4 is 14.9 Å². The molecule has 2 N–H and O–H groups in total. The highest BCUT2D eigenvalue weighted by Crippen LogP contribution is 2.39. The van der Waals surface area contributed by atoms with Crippen molar-refractivity contribution in [2.24, 2.45) is 5.73 Å². The third-order valence-electron chi connectivity index (χ3n) is 6.60. The number of hydrogen-bond donors (Lipinski definition) is 1. The summed E-state index contributed by atoms with van der Waals surface area (Å²) in [6, 6.07) is 15.6. The Kier molecular flexibility index (Phi) is 6.55. The lowest BCUT2D eigenvalue weighted by atomic mass is 10.0. The molecule has 8 nitrogen and oxygen atoms in total. The number of nitrogens with two attached hydrogens (primary N) is 1. The molecule has 2 aliphatic heterocycles. The molecule has 3 aromatic carbocycles. The molecule has 0 spiro atoms. The Morgan fingerprint density at radius 1 is 1.03 bits per heavy atom. The van der Waals surface area contributed by atoms with Crippen molar-refractivity contribution in [2.75, 3.05) is 21.5 Å². The minimum Gasteiger partial charge on any atom is -0.368 e. The summed E-state index contributed by atoms with van der Waals surface area (Å²) in [5.41, 5.74) is 7.46. The Morgan fingerprint density at radius 2 is 1.76 bits per heavy atom. The van der Waals surface area contributed by atoms with Crippen LogP contribution in [-0.2, 0) is 21.4 Å². The van der Waals surface area contributed by atoms with Crippen LogP contribution in [0.2, 0.25) is 5.02 Å². The van der Waals surface area contributed by atoms with E-state index in [1.165, 1.54) is 21.3 Å². The predicted octanol–water partition coefficient (Wildman–Crippen LogP) is 4.71. The van der Waals surface area contributed by atoms with Crippen molar-refractivity contribution in [3.05, 3.63) is 88.7 Å². The smallest absolute Gasteiger partial charge is 0.330 e. The van der Waals surface area contributed by atoms with E-state index < -0.39 is 33.8 Å². The molecule has 2 heterocycles. The Bertz CT molecular complexity index is 1480. The number of rotatable bonds is 4. The van der Waals surface area contributed by atoms with Gasteiger partial charge in [0.1, 0.15) is 11.9 Å². The van der Waals surface area contributed by atoms with E-state index in [1.54, 1.807) is 48.5 Å². The van der Waals surface area contributed by atoms with Crippen LogP contribution in [0.3, 0.4) is 0 Å². The molecular formula is C26H24ClFN4O4S. The zero-order valence-corrected chi connectivity index (χ0v) is 21.3. The van der Waals surface area contributed by atoms with E-state index in [0.717, 1.165) is 16.5 Å². The molecular weight excluding hydrogens is 519 g/mol. The first-order valence-electron chi connectivity index (χ1n) is 11.7. The van der Waals surface area contributed by atoms with Crippen molar-refractivity contribution in [3.63, 3.8) is 0 Å². The number of carbonyl (C=O) groups excluding carboxylic acids is 2. The molecule has 0 aliphatic carbocycles. The summed E-state index contributed by atoms with van der Waals surface area (Å²) in [6.45, 7) is 0.367. The third kappa shape index (κ3) is 4.62. The van der Waals surface area contributed by atoms with Gasteiger partial charge in [-0.15, -0.1) is 0 Å². The van der Waals surface area contributed by atoms with E-state index >= 15 is 4.39 Å². The second-order valence-electron chi connectivity index (χ2n) is 8.96. The van der Waals surface area contributed by atoms with Crippen LogP contribution in [0.5, 0.6) is 0 Å². The van der Waals surface area contributed by atoms with Gasteiger partial charge in [0.05, 0.1) is 22.8 Å². The fraction of sp³-hybridized carbons (Fsp3) is 0.231. The molecule has 0 radical (unpaired) electrons. The average molecular weight is 543 g/mol. The SMILES string of the molecule is NC(=O)C1c2ccccc2CN1C(=O)N(c1ccc(Cl)cc1)c1ccc(N2CCCCS2(=O)=O)cc1F. The van der Waals surface area contributed by atoms with Gasteiger partial charge in [-0.3, -0.25) is 14.0 Å². The van der Waals surface area contributed by atoms with E-state index in [4.69, 9.17) is 17.3 Å². The highest BCUT2D eigenvalue weighted by Gasteiger charge is 2.40. The fourth-order valence-corrected chi connectivity index (χ4v) is 6.61. The van der Waals surface area contributed by atoms with Crippen LogP contribution in [-0.4, -0.2) is 37.6 Å². The van der Waals surface area contributed by atoms with Gasteiger partial charge in [-0.1, -0.05) is 35.9 Å². The lowest BCUT2D eigenvalue weighted by Gasteiger charge is -2.32. The van der Waals surface area contributed by atoms with Gasteiger partial charge in [-0.05, 0) is 60.4 Å². The molecule has 3 amide bonds. The number of benzene rings is 3. The summed E-state index contributed by atoms with van der Waals surface area (Å²) in [7, 11) is -3.55. The fourth-order valence-electron chi connectivity index (χ4n) is 4.85. The molecule has 37 heavy (non-hydrogen) atoms. The van der Waals surface area contributed by atoms with Crippen molar-refractivity contribution < 1.29 is 22.4 Å². The number of carbonyl (C=O) groups is 2. The van der Waals surface area contributed by atoms with Crippen molar-refractivity contribution in [1.29, 1.82) is 0 Å². The summed E-state index contributed by atoms with van der Waals surface area (Å²) < 4.78 is 41.9. The van der Waals surface area contributed by atoms with Crippen LogP contribution in [0.1, 0.15) is 30.0 Å². The normalized spacial score (nSPS) is 18.4. The predicted molar refractivity (Wildman–Crippen MR) is 140 cm³/mol. The van der Waals surface area contributed by atoms with E-state index in [9.17, 15) is 18.0 Å². The number of urea groups is 1. The maximum absolute atomic E-state index is 15.7. The van der Waals surface area contributed by atoms with Gasteiger partial charge in [-0.25, -0.2) is 17.6 Å². The largest absolute Gasteiger partial charge is 0.368 e. The standard InChI is InChI=1S/C26H24ClFN4O4S/c27-18-7-9-19(10-8-18)32(26(34)30-16-17-5-1-2-6-21(17)24(30)25(29)33)23-12-11-20(15-22(23)28)31-13-3-4-14-37(31,35)36/h1-2,5-12,15,24H,3-4,13-14,16H2,(H2,29,33). The van der Waals surface area contributed by atoms with Gasteiger partial charge in [-0.2, -0.15) is 0 Å². The number of fused-ring (bicyclic) bond motifs is 1. The molecule has 192 valence electrons. The van der Waals surface area contributed by atoms with E-state index in [0.29, 0.717) is 29.1 Å². The highest BCUT2D eigenvalue weighted by molar-refractivity contribution is 7.92. The molecule has 11 heteroatoms. The maximum atomic E-state index is 15.7. The van der Waals surface area contributed by atoms with Crippen LogP contribution in [0, 0.1) is 5.82 Å². The quantitative estimate of drug-likeness (QED) is 0.515. The summed E-state index contributed by atoms with van der Waals surface area (Å²) in [4.78, 5) is 28.9. The zero-order chi connectivity index (χ0) is 26.3.